The summed E-state index contributed by atoms with van der Waals surface area (Å²) in [4.78, 5) is 17.7. The molecule has 1 aliphatic rings. The third-order valence-electron chi connectivity index (χ3n) is 3.20. The molecular weight excluding hydrogens is 297 g/mol. The third kappa shape index (κ3) is 2.57. The average Bonchev–Trinajstić information content (AvgIpc) is 2.82. The quantitative estimate of drug-likeness (QED) is 0.861. The Labute approximate surface area is 126 Å². The maximum atomic E-state index is 12.0. The second-order valence-corrected chi connectivity index (χ2v) is 5.33. The van der Waals surface area contributed by atoms with E-state index in [1.165, 1.54) is 0 Å². The van der Waals surface area contributed by atoms with Crippen molar-refractivity contribution in [3.05, 3.63) is 58.3 Å². The first-order valence-electron chi connectivity index (χ1n) is 6.08. The number of hydrogen-bond donors (Lipinski definition) is 1. The Morgan fingerprint density at radius 2 is 1.90 bits per heavy atom. The van der Waals surface area contributed by atoms with E-state index in [2.05, 4.69) is 10.3 Å². The Bertz CT molecular complexity index is 628. The molecule has 4 nitrogen and oxygen atoms in total. The van der Waals surface area contributed by atoms with Crippen molar-refractivity contribution in [3.8, 4) is 0 Å². The molecule has 6 heteroatoms. The first-order valence-corrected chi connectivity index (χ1v) is 6.84. The summed E-state index contributed by atoms with van der Waals surface area (Å²) in [5.74, 6) is 0. The maximum Gasteiger partial charge on any atom is 0.322 e. The molecule has 1 fully saturated rings. The molecule has 0 saturated carbocycles. The Morgan fingerprint density at radius 1 is 1.15 bits per heavy atom. The molecule has 1 atom stereocenters. The molecule has 1 aromatic heterocycles. The van der Waals surface area contributed by atoms with Crippen LogP contribution >= 0.6 is 23.2 Å². The minimum absolute atomic E-state index is 0.0598. The molecule has 0 radical (unpaired) electrons. The average molecular weight is 308 g/mol. The highest BCUT2D eigenvalue weighted by molar-refractivity contribution is 6.30. The third-order valence-corrected chi connectivity index (χ3v) is 3.68. The van der Waals surface area contributed by atoms with E-state index >= 15 is 0 Å². The van der Waals surface area contributed by atoms with Gasteiger partial charge in [-0.05, 0) is 29.8 Å². The van der Waals surface area contributed by atoms with Gasteiger partial charge < -0.3 is 5.32 Å². The van der Waals surface area contributed by atoms with E-state index in [1.54, 1.807) is 23.2 Å². The number of urea groups is 1. The van der Waals surface area contributed by atoms with Crippen LogP contribution in [0, 0.1) is 0 Å². The van der Waals surface area contributed by atoms with Gasteiger partial charge in [0.15, 0.2) is 0 Å². The SMILES string of the molecule is O=C1NC(c2ccc(Cl)cc2)CN1c1ccc(Cl)nc1. The lowest BCUT2D eigenvalue weighted by Gasteiger charge is -2.14. The van der Waals surface area contributed by atoms with Crippen LogP contribution in [0.3, 0.4) is 0 Å². The molecule has 1 saturated heterocycles. The molecule has 0 aliphatic carbocycles. The van der Waals surface area contributed by atoms with E-state index in [0.29, 0.717) is 16.7 Å². The van der Waals surface area contributed by atoms with Crippen LogP contribution in [0.2, 0.25) is 10.2 Å². The van der Waals surface area contributed by atoms with Gasteiger partial charge in [-0.2, -0.15) is 0 Å². The summed E-state index contributed by atoms with van der Waals surface area (Å²) in [6.45, 7) is 0.545. The predicted molar refractivity (Wildman–Crippen MR) is 79.3 cm³/mol. The summed E-state index contributed by atoms with van der Waals surface area (Å²) in [5.41, 5.74) is 1.75. The number of hydrogen-bond acceptors (Lipinski definition) is 2. The first kappa shape index (κ1) is 13.2. The highest BCUT2D eigenvalue weighted by Crippen LogP contribution is 2.26. The van der Waals surface area contributed by atoms with Gasteiger partial charge in [0.1, 0.15) is 5.15 Å². The minimum atomic E-state index is -0.144. The van der Waals surface area contributed by atoms with Gasteiger partial charge in [0.2, 0.25) is 0 Å². The molecule has 1 aromatic carbocycles. The zero-order valence-corrected chi connectivity index (χ0v) is 11.9. The predicted octanol–water partition coefficient (Wildman–Crippen LogP) is 3.66. The molecule has 1 N–H and O–H groups in total. The van der Waals surface area contributed by atoms with Crippen molar-refractivity contribution in [1.29, 1.82) is 0 Å². The normalized spacial score (nSPS) is 18.2. The van der Waals surface area contributed by atoms with Gasteiger partial charge in [-0.3, -0.25) is 4.90 Å². The summed E-state index contributed by atoms with van der Waals surface area (Å²) in [6, 6.07) is 10.7. The number of nitrogens with zero attached hydrogens (tertiary/aromatic N) is 2. The molecule has 102 valence electrons. The number of aromatic nitrogens is 1. The zero-order chi connectivity index (χ0) is 14.1. The maximum absolute atomic E-state index is 12.0. The smallest absolute Gasteiger partial charge is 0.322 e. The van der Waals surface area contributed by atoms with Crippen molar-refractivity contribution in [1.82, 2.24) is 10.3 Å². The van der Waals surface area contributed by atoms with E-state index in [1.807, 2.05) is 24.3 Å². The topological polar surface area (TPSA) is 45.2 Å². The van der Waals surface area contributed by atoms with Crippen LogP contribution in [0.4, 0.5) is 10.5 Å². The highest BCUT2D eigenvalue weighted by atomic mass is 35.5. The van der Waals surface area contributed by atoms with Crippen molar-refractivity contribution in [2.75, 3.05) is 11.4 Å². The van der Waals surface area contributed by atoms with Crippen LogP contribution in [0.5, 0.6) is 0 Å². The Kier molecular flexibility index (Phi) is 3.51. The number of rotatable bonds is 2. The fourth-order valence-electron chi connectivity index (χ4n) is 2.17. The fraction of sp³-hybridized carbons (Fsp3) is 0.143. The number of anilines is 1. The molecule has 1 aliphatic heterocycles. The molecule has 1 unspecified atom stereocenters. The lowest BCUT2D eigenvalue weighted by molar-refractivity contribution is 0.251. The number of carbonyl (C=O) groups is 1. The molecule has 20 heavy (non-hydrogen) atoms. The number of amides is 2. The van der Waals surface area contributed by atoms with Crippen LogP contribution in [0.15, 0.2) is 42.6 Å². The molecule has 2 amide bonds. The van der Waals surface area contributed by atoms with E-state index < -0.39 is 0 Å². The summed E-state index contributed by atoms with van der Waals surface area (Å²) < 4.78 is 0. The number of carbonyl (C=O) groups excluding carboxylic acids is 1. The fourth-order valence-corrected chi connectivity index (χ4v) is 2.41. The van der Waals surface area contributed by atoms with E-state index in [0.717, 1.165) is 11.3 Å². The van der Waals surface area contributed by atoms with Gasteiger partial charge in [-0.1, -0.05) is 35.3 Å². The molecule has 0 spiro atoms. The van der Waals surface area contributed by atoms with E-state index in [-0.39, 0.29) is 12.1 Å². The van der Waals surface area contributed by atoms with Gasteiger partial charge in [-0.25, -0.2) is 9.78 Å². The van der Waals surface area contributed by atoms with Gasteiger partial charge >= 0.3 is 6.03 Å². The molecule has 3 rings (SSSR count). The van der Waals surface area contributed by atoms with Crippen molar-refractivity contribution in [2.45, 2.75) is 6.04 Å². The molecule has 2 aromatic rings. The zero-order valence-electron chi connectivity index (χ0n) is 10.4. The van der Waals surface area contributed by atoms with Crippen molar-refractivity contribution < 1.29 is 4.79 Å². The standard InChI is InChI=1S/C14H11Cl2N3O/c15-10-3-1-9(2-4-10)12-8-19(14(20)18-12)11-5-6-13(16)17-7-11/h1-7,12H,8H2,(H,18,20). The van der Waals surface area contributed by atoms with Gasteiger partial charge in [-0.15, -0.1) is 0 Å². The number of benzene rings is 1. The van der Waals surface area contributed by atoms with Crippen LogP contribution in [0.25, 0.3) is 0 Å². The van der Waals surface area contributed by atoms with Crippen LogP contribution in [0.1, 0.15) is 11.6 Å². The molecular formula is C14H11Cl2N3O. The number of pyridine rings is 1. The van der Waals surface area contributed by atoms with Crippen LogP contribution < -0.4 is 10.2 Å². The van der Waals surface area contributed by atoms with Crippen molar-refractivity contribution in [3.63, 3.8) is 0 Å². The number of halogens is 2. The Balaban J connectivity index is 1.81. The second kappa shape index (κ2) is 5.31. The van der Waals surface area contributed by atoms with Crippen LogP contribution in [-0.4, -0.2) is 17.6 Å². The molecule has 0 bridgehead atoms. The van der Waals surface area contributed by atoms with Gasteiger partial charge in [0, 0.05) is 5.02 Å². The van der Waals surface area contributed by atoms with Gasteiger partial charge in [0.05, 0.1) is 24.5 Å². The largest absolute Gasteiger partial charge is 0.329 e. The summed E-state index contributed by atoms with van der Waals surface area (Å²) in [6.07, 6.45) is 1.59. The second-order valence-electron chi connectivity index (χ2n) is 4.50. The summed E-state index contributed by atoms with van der Waals surface area (Å²) >= 11 is 11.6. The number of nitrogens with one attached hydrogen (secondary N) is 1. The van der Waals surface area contributed by atoms with Crippen LogP contribution in [-0.2, 0) is 0 Å². The Morgan fingerprint density at radius 3 is 2.55 bits per heavy atom. The van der Waals surface area contributed by atoms with E-state index in [4.69, 9.17) is 23.2 Å². The van der Waals surface area contributed by atoms with Gasteiger partial charge in [0.25, 0.3) is 0 Å². The monoisotopic (exact) mass is 307 g/mol. The Hall–Kier alpha value is -1.78. The lowest BCUT2D eigenvalue weighted by Crippen LogP contribution is -2.27. The summed E-state index contributed by atoms with van der Waals surface area (Å²) in [5, 5.41) is 4.02. The lowest BCUT2D eigenvalue weighted by atomic mass is 10.1. The summed E-state index contributed by atoms with van der Waals surface area (Å²) in [7, 11) is 0. The van der Waals surface area contributed by atoms with Crippen molar-refractivity contribution in [2.24, 2.45) is 0 Å². The van der Waals surface area contributed by atoms with Crippen molar-refractivity contribution >= 4 is 34.9 Å². The minimum Gasteiger partial charge on any atom is -0.329 e. The highest BCUT2D eigenvalue weighted by Gasteiger charge is 2.30. The first-order chi connectivity index (χ1) is 9.63. The molecule has 2 heterocycles. The van der Waals surface area contributed by atoms with E-state index in [9.17, 15) is 4.79 Å².